The molecule has 1 N–H and O–H groups in total. The highest BCUT2D eigenvalue weighted by molar-refractivity contribution is 5.35. The third-order valence-electron chi connectivity index (χ3n) is 2.14. The van der Waals surface area contributed by atoms with E-state index in [0.29, 0.717) is 5.75 Å². The molecule has 69 valence electrons. The molecule has 1 heteroatoms. The Hall–Kier alpha value is -1.76. The molecule has 0 amide bonds. The highest BCUT2D eigenvalue weighted by atomic mass is 16.3. The summed E-state index contributed by atoms with van der Waals surface area (Å²) >= 11 is 0. The fourth-order valence-electron chi connectivity index (χ4n) is 1.40. The van der Waals surface area contributed by atoms with Crippen molar-refractivity contribution in [3.63, 3.8) is 0 Å². The minimum Gasteiger partial charge on any atom is -0.508 e. The lowest BCUT2D eigenvalue weighted by atomic mass is 10.0. The predicted molar refractivity (Wildman–Crippen MR) is 56.2 cm³/mol. The molecule has 0 aromatic heterocycles. The first-order valence-corrected chi connectivity index (χ1v) is 4.59. The summed E-state index contributed by atoms with van der Waals surface area (Å²) in [4.78, 5) is 0. The minimum absolute atomic E-state index is 0.316. The summed E-state index contributed by atoms with van der Waals surface area (Å²) in [5.74, 6) is 0.316. The van der Waals surface area contributed by atoms with Crippen LogP contribution in [0, 0.1) is 6.07 Å². The number of benzene rings is 2. The molecule has 0 saturated heterocycles. The topological polar surface area (TPSA) is 20.2 Å². The lowest BCUT2D eigenvalue weighted by molar-refractivity contribution is 0.469. The highest BCUT2D eigenvalue weighted by Crippen LogP contribution is 2.18. The molecule has 0 spiro atoms. The number of hydrogen-bond acceptors (Lipinski definition) is 1. The van der Waals surface area contributed by atoms with Gasteiger partial charge in [-0.05, 0) is 17.7 Å². The Morgan fingerprint density at radius 2 is 1.79 bits per heavy atom. The largest absolute Gasteiger partial charge is 0.508 e. The van der Waals surface area contributed by atoms with E-state index < -0.39 is 0 Å². The second-order valence-electron chi connectivity index (χ2n) is 3.20. The zero-order valence-electron chi connectivity index (χ0n) is 7.77. The molecule has 0 atom stereocenters. The molecule has 1 radical (unpaired) electrons. The number of phenols is 1. The van der Waals surface area contributed by atoms with Gasteiger partial charge in [-0.2, -0.15) is 0 Å². The SMILES string of the molecule is Oc1ccc[c]c1Cc1ccccc1. The molecular weight excluding hydrogens is 172 g/mol. The molecule has 0 aliphatic carbocycles. The Bertz CT molecular complexity index is 407. The Kier molecular flexibility index (Phi) is 2.50. The fraction of sp³-hybridized carbons (Fsp3) is 0.0769. The van der Waals surface area contributed by atoms with Gasteiger partial charge in [0, 0.05) is 12.0 Å². The van der Waals surface area contributed by atoms with E-state index in [9.17, 15) is 5.11 Å². The van der Waals surface area contributed by atoms with Crippen LogP contribution in [-0.2, 0) is 6.42 Å². The van der Waals surface area contributed by atoms with Gasteiger partial charge in [-0.1, -0.05) is 42.5 Å². The van der Waals surface area contributed by atoms with Crippen molar-refractivity contribution in [3.05, 3.63) is 65.7 Å². The van der Waals surface area contributed by atoms with Gasteiger partial charge in [-0.25, -0.2) is 0 Å². The van der Waals surface area contributed by atoms with E-state index in [1.54, 1.807) is 12.1 Å². The quantitative estimate of drug-likeness (QED) is 0.759. The third kappa shape index (κ3) is 1.94. The summed E-state index contributed by atoms with van der Waals surface area (Å²) in [7, 11) is 0. The summed E-state index contributed by atoms with van der Waals surface area (Å²) in [5.41, 5.74) is 2.03. The second-order valence-corrected chi connectivity index (χ2v) is 3.20. The molecule has 0 bridgehead atoms. The summed E-state index contributed by atoms with van der Waals surface area (Å²) < 4.78 is 0. The maximum atomic E-state index is 9.54. The van der Waals surface area contributed by atoms with Crippen LogP contribution in [0.5, 0.6) is 5.75 Å². The molecule has 0 aliphatic heterocycles. The zero-order valence-corrected chi connectivity index (χ0v) is 7.77. The van der Waals surface area contributed by atoms with Gasteiger partial charge in [0.25, 0.3) is 0 Å². The van der Waals surface area contributed by atoms with E-state index in [4.69, 9.17) is 0 Å². The van der Waals surface area contributed by atoms with Gasteiger partial charge in [0.1, 0.15) is 5.75 Å². The van der Waals surface area contributed by atoms with Crippen LogP contribution >= 0.6 is 0 Å². The molecular formula is C13H11O. The van der Waals surface area contributed by atoms with Crippen LogP contribution in [0.4, 0.5) is 0 Å². The molecule has 0 aliphatic rings. The van der Waals surface area contributed by atoms with E-state index in [0.717, 1.165) is 12.0 Å². The lowest BCUT2D eigenvalue weighted by Crippen LogP contribution is -1.87. The van der Waals surface area contributed by atoms with E-state index in [2.05, 4.69) is 6.07 Å². The summed E-state index contributed by atoms with van der Waals surface area (Å²) in [5, 5.41) is 9.54. The Labute approximate surface area is 83.6 Å². The maximum absolute atomic E-state index is 9.54. The van der Waals surface area contributed by atoms with Gasteiger partial charge >= 0.3 is 0 Å². The van der Waals surface area contributed by atoms with E-state index >= 15 is 0 Å². The third-order valence-corrected chi connectivity index (χ3v) is 2.14. The van der Waals surface area contributed by atoms with Crippen molar-refractivity contribution in [3.8, 4) is 5.75 Å². The van der Waals surface area contributed by atoms with Crippen LogP contribution in [0.3, 0.4) is 0 Å². The normalized spacial score (nSPS) is 10.0. The van der Waals surface area contributed by atoms with Crippen molar-refractivity contribution in [1.82, 2.24) is 0 Å². The summed E-state index contributed by atoms with van der Waals surface area (Å²) in [6.07, 6.45) is 0.730. The van der Waals surface area contributed by atoms with Crippen LogP contribution in [-0.4, -0.2) is 5.11 Å². The van der Waals surface area contributed by atoms with Crippen molar-refractivity contribution < 1.29 is 5.11 Å². The van der Waals surface area contributed by atoms with Crippen LogP contribution in [0.1, 0.15) is 11.1 Å². The average molecular weight is 183 g/mol. The molecule has 0 fully saturated rings. The number of aromatic hydroxyl groups is 1. The Balaban J connectivity index is 2.24. The maximum Gasteiger partial charge on any atom is 0.119 e. The van der Waals surface area contributed by atoms with Gasteiger partial charge in [-0.3, -0.25) is 0 Å². The Morgan fingerprint density at radius 3 is 2.50 bits per heavy atom. The molecule has 0 unspecified atom stereocenters. The minimum atomic E-state index is 0.316. The first-order chi connectivity index (χ1) is 6.86. The zero-order chi connectivity index (χ0) is 9.80. The van der Waals surface area contributed by atoms with Crippen LogP contribution in [0.2, 0.25) is 0 Å². The summed E-state index contributed by atoms with van der Waals surface area (Å²) in [6, 6.07) is 18.4. The van der Waals surface area contributed by atoms with E-state index in [-0.39, 0.29) is 0 Å². The van der Waals surface area contributed by atoms with Crippen LogP contribution in [0.15, 0.2) is 48.5 Å². The lowest BCUT2D eigenvalue weighted by Gasteiger charge is -2.03. The van der Waals surface area contributed by atoms with E-state index in [1.807, 2.05) is 36.4 Å². The monoisotopic (exact) mass is 183 g/mol. The first-order valence-electron chi connectivity index (χ1n) is 4.59. The Morgan fingerprint density at radius 1 is 1.00 bits per heavy atom. The highest BCUT2D eigenvalue weighted by Gasteiger charge is 2.00. The molecule has 2 aromatic carbocycles. The molecule has 2 rings (SSSR count). The predicted octanol–water partition coefficient (Wildman–Crippen LogP) is 2.78. The van der Waals surface area contributed by atoms with Crippen LogP contribution in [0.25, 0.3) is 0 Å². The average Bonchev–Trinajstić information content (AvgIpc) is 2.23. The van der Waals surface area contributed by atoms with Crippen molar-refractivity contribution in [2.24, 2.45) is 0 Å². The molecule has 1 nitrogen and oxygen atoms in total. The number of rotatable bonds is 2. The second kappa shape index (κ2) is 3.97. The van der Waals surface area contributed by atoms with Crippen molar-refractivity contribution in [2.45, 2.75) is 6.42 Å². The molecule has 0 heterocycles. The number of hydrogen-bond donors (Lipinski definition) is 1. The standard InChI is InChI=1S/C13H11O/c14-13-9-5-4-8-12(13)10-11-6-2-1-3-7-11/h1-7,9,14H,10H2. The number of phenolic OH excluding ortho intramolecular Hbond substituents is 1. The van der Waals surface area contributed by atoms with Crippen molar-refractivity contribution in [2.75, 3.05) is 0 Å². The van der Waals surface area contributed by atoms with Gasteiger partial charge in [0.05, 0.1) is 0 Å². The van der Waals surface area contributed by atoms with Crippen LogP contribution < -0.4 is 0 Å². The smallest absolute Gasteiger partial charge is 0.119 e. The molecule has 0 saturated carbocycles. The van der Waals surface area contributed by atoms with Crippen molar-refractivity contribution >= 4 is 0 Å². The van der Waals surface area contributed by atoms with Gasteiger partial charge in [0.15, 0.2) is 0 Å². The van der Waals surface area contributed by atoms with Gasteiger partial charge < -0.3 is 5.11 Å². The first kappa shape index (κ1) is 8.82. The van der Waals surface area contributed by atoms with Gasteiger partial charge in [-0.15, -0.1) is 0 Å². The van der Waals surface area contributed by atoms with Gasteiger partial charge in [0.2, 0.25) is 0 Å². The molecule has 14 heavy (non-hydrogen) atoms. The molecule has 2 aromatic rings. The summed E-state index contributed by atoms with van der Waals surface area (Å²) in [6.45, 7) is 0. The van der Waals surface area contributed by atoms with Crippen molar-refractivity contribution in [1.29, 1.82) is 0 Å². The fourth-order valence-corrected chi connectivity index (χ4v) is 1.40. The van der Waals surface area contributed by atoms with E-state index in [1.165, 1.54) is 5.56 Å².